The Bertz CT molecular complexity index is 369. The Kier molecular flexibility index (Phi) is 5.52. The predicted molar refractivity (Wildman–Crippen MR) is 73.5 cm³/mol. The van der Waals surface area contributed by atoms with Gasteiger partial charge in [0.2, 0.25) is 0 Å². The van der Waals surface area contributed by atoms with Crippen LogP contribution in [0, 0.1) is 0 Å². The molecule has 0 aromatic heterocycles. The number of ether oxygens (including phenoxy) is 1. The van der Waals surface area contributed by atoms with E-state index in [2.05, 4.69) is 32.2 Å². The Morgan fingerprint density at radius 2 is 2.00 bits per heavy atom. The Hall–Kier alpha value is -0.990. The molecule has 0 unspecified atom stereocenters. The van der Waals surface area contributed by atoms with Crippen LogP contribution in [0.15, 0.2) is 35.9 Å². The Labute approximate surface area is 109 Å². The molecule has 3 heteroatoms. The highest BCUT2D eigenvalue weighted by atomic mass is 35.5. The first-order chi connectivity index (χ1) is 8.03. The van der Waals surface area contributed by atoms with Crippen molar-refractivity contribution in [1.82, 2.24) is 5.32 Å². The van der Waals surface area contributed by atoms with Gasteiger partial charge in [0, 0.05) is 23.2 Å². The summed E-state index contributed by atoms with van der Waals surface area (Å²) in [6, 6.07) is 8.03. The number of nitrogens with one attached hydrogen (secondary N) is 1. The van der Waals surface area contributed by atoms with E-state index in [1.54, 1.807) is 6.08 Å². The third-order valence-corrected chi connectivity index (χ3v) is 2.38. The van der Waals surface area contributed by atoms with Gasteiger partial charge in [-0.1, -0.05) is 29.8 Å². The summed E-state index contributed by atoms with van der Waals surface area (Å²) in [6.07, 6.45) is 1.77. The van der Waals surface area contributed by atoms with Gasteiger partial charge in [0.25, 0.3) is 0 Å². The molecule has 0 aliphatic carbocycles. The smallest absolute Gasteiger partial charge is 0.124 e. The molecule has 0 radical (unpaired) electrons. The zero-order chi connectivity index (χ0) is 12.7. The summed E-state index contributed by atoms with van der Waals surface area (Å²) in [7, 11) is 0. The average molecular weight is 254 g/mol. The van der Waals surface area contributed by atoms with Crippen molar-refractivity contribution in [2.75, 3.05) is 6.61 Å². The summed E-state index contributed by atoms with van der Waals surface area (Å²) in [6.45, 7) is 7.73. The molecule has 0 spiro atoms. The van der Waals surface area contributed by atoms with Gasteiger partial charge in [0.15, 0.2) is 0 Å². The largest absolute Gasteiger partial charge is 0.489 e. The van der Waals surface area contributed by atoms with Crippen molar-refractivity contribution in [3.05, 3.63) is 41.4 Å². The first kappa shape index (κ1) is 14.1. The number of benzene rings is 1. The van der Waals surface area contributed by atoms with Crippen molar-refractivity contribution in [2.45, 2.75) is 32.9 Å². The molecule has 0 saturated carbocycles. The van der Waals surface area contributed by atoms with E-state index in [0.29, 0.717) is 6.61 Å². The highest BCUT2D eigenvalue weighted by molar-refractivity contribution is 6.25. The molecule has 1 rings (SSSR count). The SMILES string of the molecule is CC(C)(C)NCc1ccccc1OCC=CCl. The lowest BCUT2D eigenvalue weighted by atomic mass is 10.1. The van der Waals surface area contributed by atoms with Crippen molar-refractivity contribution in [2.24, 2.45) is 0 Å². The molecule has 0 atom stereocenters. The number of halogens is 1. The highest BCUT2D eigenvalue weighted by Crippen LogP contribution is 2.18. The zero-order valence-corrected chi connectivity index (χ0v) is 11.4. The lowest BCUT2D eigenvalue weighted by Gasteiger charge is -2.21. The minimum absolute atomic E-state index is 0.100. The minimum atomic E-state index is 0.100. The van der Waals surface area contributed by atoms with Gasteiger partial charge < -0.3 is 10.1 Å². The van der Waals surface area contributed by atoms with Crippen LogP contribution in [-0.2, 0) is 6.54 Å². The van der Waals surface area contributed by atoms with Gasteiger partial charge in [-0.3, -0.25) is 0 Å². The molecule has 0 bridgehead atoms. The second-order valence-electron chi connectivity index (χ2n) is 4.88. The van der Waals surface area contributed by atoms with Gasteiger partial charge in [0.1, 0.15) is 12.4 Å². The predicted octanol–water partition coefficient (Wildman–Crippen LogP) is 3.71. The fourth-order valence-electron chi connectivity index (χ4n) is 1.33. The second kappa shape index (κ2) is 6.67. The molecular formula is C14H20ClNO. The molecule has 0 aliphatic heterocycles. The molecular weight excluding hydrogens is 234 g/mol. The lowest BCUT2D eigenvalue weighted by molar-refractivity contribution is 0.352. The van der Waals surface area contributed by atoms with Crippen LogP contribution in [0.25, 0.3) is 0 Å². The maximum Gasteiger partial charge on any atom is 0.124 e. The van der Waals surface area contributed by atoms with Crippen molar-refractivity contribution < 1.29 is 4.74 Å². The van der Waals surface area contributed by atoms with Crippen LogP contribution >= 0.6 is 11.6 Å². The van der Waals surface area contributed by atoms with Gasteiger partial charge in [-0.15, -0.1) is 0 Å². The monoisotopic (exact) mass is 253 g/mol. The summed E-state index contributed by atoms with van der Waals surface area (Å²) in [5.41, 5.74) is 2.73. The maximum absolute atomic E-state index is 5.63. The highest BCUT2D eigenvalue weighted by Gasteiger charge is 2.10. The van der Waals surface area contributed by atoms with E-state index in [1.165, 1.54) is 5.54 Å². The van der Waals surface area contributed by atoms with Crippen molar-refractivity contribution >= 4 is 11.6 Å². The summed E-state index contributed by atoms with van der Waals surface area (Å²) in [4.78, 5) is 0. The average Bonchev–Trinajstić information content (AvgIpc) is 2.27. The van der Waals surface area contributed by atoms with Crippen molar-refractivity contribution in [3.8, 4) is 5.75 Å². The molecule has 17 heavy (non-hydrogen) atoms. The van der Waals surface area contributed by atoms with Crippen LogP contribution in [0.2, 0.25) is 0 Å². The molecule has 0 heterocycles. The normalized spacial score (nSPS) is 12.0. The third-order valence-electron chi connectivity index (χ3n) is 2.21. The molecule has 94 valence electrons. The summed E-state index contributed by atoms with van der Waals surface area (Å²) in [5, 5.41) is 3.44. The number of hydrogen-bond acceptors (Lipinski definition) is 2. The molecule has 0 amide bonds. The van der Waals surface area contributed by atoms with E-state index < -0.39 is 0 Å². The molecule has 0 fully saturated rings. The Morgan fingerprint density at radius 1 is 1.29 bits per heavy atom. The van der Waals surface area contributed by atoms with E-state index in [1.807, 2.05) is 18.2 Å². The van der Waals surface area contributed by atoms with Crippen LogP contribution in [-0.4, -0.2) is 12.1 Å². The third kappa shape index (κ3) is 5.76. The van der Waals surface area contributed by atoms with Gasteiger partial charge in [0.05, 0.1) is 0 Å². The Balaban J connectivity index is 2.64. The zero-order valence-electron chi connectivity index (χ0n) is 10.7. The maximum atomic E-state index is 5.63. The molecule has 1 aromatic rings. The summed E-state index contributed by atoms with van der Waals surface area (Å²) >= 11 is 5.46. The number of rotatable bonds is 5. The van der Waals surface area contributed by atoms with Crippen molar-refractivity contribution in [1.29, 1.82) is 0 Å². The van der Waals surface area contributed by atoms with Gasteiger partial charge in [-0.25, -0.2) is 0 Å². The molecule has 0 aliphatic rings. The first-order valence-corrected chi connectivity index (χ1v) is 6.17. The van der Waals surface area contributed by atoms with Crippen LogP contribution in [0.3, 0.4) is 0 Å². The molecule has 1 N–H and O–H groups in total. The molecule has 2 nitrogen and oxygen atoms in total. The van der Waals surface area contributed by atoms with E-state index in [4.69, 9.17) is 16.3 Å². The van der Waals surface area contributed by atoms with Crippen molar-refractivity contribution in [3.63, 3.8) is 0 Å². The van der Waals surface area contributed by atoms with Crippen LogP contribution in [0.4, 0.5) is 0 Å². The van der Waals surface area contributed by atoms with Gasteiger partial charge in [-0.05, 0) is 32.9 Å². The fraction of sp³-hybridized carbons (Fsp3) is 0.429. The standard InChI is InChI=1S/C14H20ClNO/c1-14(2,3)16-11-12-7-4-5-8-13(12)17-10-6-9-15/h4-9,16H,10-11H2,1-3H3. The number of para-hydroxylation sites is 1. The summed E-state index contributed by atoms with van der Waals surface area (Å²) in [5.74, 6) is 0.902. The van der Waals surface area contributed by atoms with Gasteiger partial charge >= 0.3 is 0 Å². The van der Waals surface area contributed by atoms with E-state index in [-0.39, 0.29) is 5.54 Å². The summed E-state index contributed by atoms with van der Waals surface area (Å²) < 4.78 is 5.63. The lowest BCUT2D eigenvalue weighted by Crippen LogP contribution is -2.35. The van der Waals surface area contributed by atoms with Crippen LogP contribution in [0.1, 0.15) is 26.3 Å². The first-order valence-electron chi connectivity index (χ1n) is 5.74. The van der Waals surface area contributed by atoms with E-state index >= 15 is 0 Å². The Morgan fingerprint density at radius 3 is 2.65 bits per heavy atom. The minimum Gasteiger partial charge on any atom is -0.489 e. The fourth-order valence-corrected chi connectivity index (χ4v) is 1.40. The van der Waals surface area contributed by atoms with Crippen LogP contribution in [0.5, 0.6) is 5.75 Å². The topological polar surface area (TPSA) is 21.3 Å². The van der Waals surface area contributed by atoms with Crippen LogP contribution < -0.4 is 10.1 Å². The van der Waals surface area contributed by atoms with E-state index in [0.717, 1.165) is 17.9 Å². The number of hydrogen-bond donors (Lipinski definition) is 1. The molecule has 1 aromatic carbocycles. The quantitative estimate of drug-likeness (QED) is 0.864. The molecule has 0 saturated heterocycles. The van der Waals surface area contributed by atoms with E-state index in [9.17, 15) is 0 Å². The second-order valence-corrected chi connectivity index (χ2v) is 5.14. The van der Waals surface area contributed by atoms with Gasteiger partial charge in [-0.2, -0.15) is 0 Å².